The van der Waals surface area contributed by atoms with Gasteiger partial charge >= 0.3 is 5.97 Å². The molecular formula is C26H52O3. The molecule has 0 heterocycles. The van der Waals surface area contributed by atoms with Crippen LogP contribution in [-0.4, -0.2) is 25.3 Å². The second kappa shape index (κ2) is 20.7. The van der Waals surface area contributed by atoms with E-state index in [9.17, 15) is 4.79 Å². The van der Waals surface area contributed by atoms with Crippen molar-refractivity contribution < 1.29 is 14.3 Å². The maximum atomic E-state index is 12.2. The van der Waals surface area contributed by atoms with Crippen molar-refractivity contribution >= 4 is 5.97 Å². The number of rotatable bonds is 22. The van der Waals surface area contributed by atoms with Crippen LogP contribution in [0.1, 0.15) is 143 Å². The van der Waals surface area contributed by atoms with E-state index < -0.39 is 0 Å². The fraction of sp³-hybridized carbons (Fsp3) is 0.962. The number of methoxy groups -OCH3 is 1. The zero-order valence-electron chi connectivity index (χ0n) is 20.4. The zero-order valence-corrected chi connectivity index (χ0v) is 20.4. The number of ether oxygens (including phenoxy) is 2. The van der Waals surface area contributed by atoms with Gasteiger partial charge < -0.3 is 9.47 Å². The van der Waals surface area contributed by atoms with Gasteiger partial charge in [-0.15, -0.1) is 0 Å². The van der Waals surface area contributed by atoms with Crippen LogP contribution in [-0.2, 0) is 14.3 Å². The largest absolute Gasteiger partial charge is 0.466 e. The van der Waals surface area contributed by atoms with Gasteiger partial charge in [-0.05, 0) is 19.8 Å². The highest BCUT2D eigenvalue weighted by atomic mass is 16.5. The van der Waals surface area contributed by atoms with Crippen molar-refractivity contribution in [3.63, 3.8) is 0 Å². The monoisotopic (exact) mass is 412 g/mol. The Hall–Kier alpha value is -0.570. The number of carbonyl (C=O) groups excluding carboxylic acids is 1. The summed E-state index contributed by atoms with van der Waals surface area (Å²) in [5.74, 6) is -0.103. The van der Waals surface area contributed by atoms with Gasteiger partial charge in [0.25, 0.3) is 0 Å². The molecule has 0 aliphatic carbocycles. The number of hydrogen-bond donors (Lipinski definition) is 0. The Bertz CT molecular complexity index is 334. The third-order valence-electron chi connectivity index (χ3n) is 6.18. The Kier molecular flexibility index (Phi) is 20.3. The molecule has 3 nitrogen and oxygen atoms in total. The minimum Gasteiger partial charge on any atom is -0.466 e. The molecule has 0 bridgehead atoms. The van der Waals surface area contributed by atoms with E-state index in [0.717, 1.165) is 25.7 Å². The van der Waals surface area contributed by atoms with Gasteiger partial charge in [0.1, 0.15) is 0 Å². The predicted molar refractivity (Wildman–Crippen MR) is 125 cm³/mol. The molecule has 0 aliphatic rings. The first-order chi connectivity index (χ1) is 14.1. The molecular weight excluding hydrogens is 360 g/mol. The van der Waals surface area contributed by atoms with Crippen LogP contribution in [0.4, 0.5) is 0 Å². The third kappa shape index (κ3) is 16.9. The normalized spacial score (nSPS) is 11.7. The summed E-state index contributed by atoms with van der Waals surface area (Å²) in [7, 11) is 1.79. The lowest BCUT2D eigenvalue weighted by Gasteiger charge is -2.32. The first-order valence-corrected chi connectivity index (χ1v) is 12.8. The second-order valence-corrected chi connectivity index (χ2v) is 8.82. The van der Waals surface area contributed by atoms with E-state index in [-0.39, 0.29) is 11.6 Å². The van der Waals surface area contributed by atoms with Crippen LogP contribution in [0.15, 0.2) is 0 Å². The summed E-state index contributed by atoms with van der Waals surface area (Å²) in [5.41, 5.74) is -0.323. The van der Waals surface area contributed by atoms with Gasteiger partial charge in [0.05, 0.1) is 18.6 Å². The zero-order chi connectivity index (χ0) is 21.6. The van der Waals surface area contributed by atoms with Gasteiger partial charge in [0.2, 0.25) is 0 Å². The second-order valence-electron chi connectivity index (χ2n) is 8.82. The molecule has 0 fully saturated rings. The van der Waals surface area contributed by atoms with Crippen LogP contribution in [0.25, 0.3) is 0 Å². The molecule has 0 aromatic carbocycles. The quantitative estimate of drug-likeness (QED) is 0.132. The highest BCUT2D eigenvalue weighted by molar-refractivity contribution is 5.70. The van der Waals surface area contributed by atoms with Gasteiger partial charge in [-0.25, -0.2) is 0 Å². The lowest BCUT2D eigenvalue weighted by atomic mass is 9.86. The van der Waals surface area contributed by atoms with Gasteiger partial charge in [-0.1, -0.05) is 117 Å². The average Bonchev–Trinajstić information content (AvgIpc) is 2.71. The molecule has 0 unspecified atom stereocenters. The molecule has 3 heteroatoms. The topological polar surface area (TPSA) is 35.5 Å². The molecule has 174 valence electrons. The highest BCUT2D eigenvalue weighted by Crippen LogP contribution is 2.30. The molecule has 0 N–H and O–H groups in total. The van der Waals surface area contributed by atoms with Crippen LogP contribution in [0.5, 0.6) is 0 Å². The summed E-state index contributed by atoms with van der Waals surface area (Å²) in [6.45, 7) is 6.86. The van der Waals surface area contributed by atoms with E-state index in [2.05, 4.69) is 13.8 Å². The van der Waals surface area contributed by atoms with Crippen LogP contribution in [0.3, 0.4) is 0 Å². The lowest BCUT2D eigenvalue weighted by molar-refractivity contribution is -0.151. The molecule has 0 aliphatic heterocycles. The van der Waals surface area contributed by atoms with Crippen LogP contribution in [0, 0.1) is 0 Å². The summed E-state index contributed by atoms with van der Waals surface area (Å²) in [5, 5.41) is 0. The molecule has 0 rings (SSSR count). The Morgan fingerprint density at radius 2 is 1.00 bits per heavy atom. The first kappa shape index (κ1) is 28.4. The molecule has 0 saturated carbocycles. The maximum Gasteiger partial charge on any atom is 0.308 e. The summed E-state index contributed by atoms with van der Waals surface area (Å²) >= 11 is 0. The minimum atomic E-state index is -0.323. The van der Waals surface area contributed by atoms with E-state index in [1.807, 2.05) is 6.92 Å². The maximum absolute atomic E-state index is 12.2. The van der Waals surface area contributed by atoms with E-state index in [1.54, 1.807) is 7.11 Å². The fourth-order valence-corrected chi connectivity index (χ4v) is 4.22. The van der Waals surface area contributed by atoms with E-state index in [4.69, 9.17) is 9.47 Å². The van der Waals surface area contributed by atoms with Gasteiger partial charge in [-0.3, -0.25) is 4.79 Å². The van der Waals surface area contributed by atoms with Crippen molar-refractivity contribution in [1.29, 1.82) is 0 Å². The smallest absolute Gasteiger partial charge is 0.308 e. The number of unbranched alkanes of at least 4 members (excludes halogenated alkanes) is 14. The van der Waals surface area contributed by atoms with Crippen molar-refractivity contribution in [2.24, 2.45) is 0 Å². The van der Waals surface area contributed by atoms with Crippen molar-refractivity contribution in [3.8, 4) is 0 Å². The predicted octanol–water partition coefficient (Wildman–Crippen LogP) is 8.39. The van der Waals surface area contributed by atoms with E-state index in [0.29, 0.717) is 13.0 Å². The van der Waals surface area contributed by atoms with Crippen molar-refractivity contribution in [3.05, 3.63) is 0 Å². The molecule has 29 heavy (non-hydrogen) atoms. The summed E-state index contributed by atoms with van der Waals surface area (Å²) in [6.07, 6.45) is 23.3. The molecule has 0 amide bonds. The number of hydrogen-bond acceptors (Lipinski definition) is 3. The van der Waals surface area contributed by atoms with Crippen molar-refractivity contribution in [1.82, 2.24) is 0 Å². The van der Waals surface area contributed by atoms with Crippen molar-refractivity contribution in [2.45, 2.75) is 148 Å². The lowest BCUT2D eigenvalue weighted by Crippen LogP contribution is -2.35. The van der Waals surface area contributed by atoms with Gasteiger partial charge in [0, 0.05) is 7.11 Å². The molecule has 0 saturated heterocycles. The van der Waals surface area contributed by atoms with Crippen LogP contribution < -0.4 is 0 Å². The molecule has 0 spiro atoms. The first-order valence-electron chi connectivity index (χ1n) is 12.8. The Morgan fingerprint density at radius 1 is 0.621 bits per heavy atom. The molecule has 0 aromatic rings. The molecule has 0 atom stereocenters. The average molecular weight is 413 g/mol. The SMILES string of the molecule is CCCCCCCCCCC(CCCCCCCCCC)(CC(=O)OCC)OC. The summed E-state index contributed by atoms with van der Waals surface area (Å²) < 4.78 is 11.2. The Balaban J connectivity index is 4.26. The Morgan fingerprint density at radius 3 is 1.34 bits per heavy atom. The van der Waals surface area contributed by atoms with Gasteiger partial charge in [0.15, 0.2) is 0 Å². The molecule has 0 radical (unpaired) electrons. The van der Waals surface area contributed by atoms with Crippen molar-refractivity contribution in [2.75, 3.05) is 13.7 Å². The highest BCUT2D eigenvalue weighted by Gasteiger charge is 2.32. The van der Waals surface area contributed by atoms with Crippen LogP contribution >= 0.6 is 0 Å². The third-order valence-corrected chi connectivity index (χ3v) is 6.18. The Labute approximate surface area is 182 Å². The number of carbonyl (C=O) groups is 1. The summed E-state index contributed by atoms with van der Waals surface area (Å²) in [6, 6.07) is 0. The molecule has 0 aromatic heterocycles. The van der Waals surface area contributed by atoms with E-state index >= 15 is 0 Å². The minimum absolute atomic E-state index is 0.103. The van der Waals surface area contributed by atoms with Crippen LogP contribution in [0.2, 0.25) is 0 Å². The standard InChI is InChI=1S/C26H52O3/c1-5-8-10-12-14-16-18-20-22-26(28-4,24-25(27)29-7-3)23-21-19-17-15-13-11-9-6-2/h5-24H2,1-4H3. The fourth-order valence-electron chi connectivity index (χ4n) is 4.22. The summed E-state index contributed by atoms with van der Waals surface area (Å²) in [4.78, 5) is 12.2. The van der Waals surface area contributed by atoms with Gasteiger partial charge in [-0.2, -0.15) is 0 Å². The number of esters is 1. The van der Waals surface area contributed by atoms with E-state index in [1.165, 1.54) is 89.9 Å².